The number of rotatable bonds is 5. The van der Waals surface area contributed by atoms with Gasteiger partial charge in [-0.1, -0.05) is 48.5 Å². The second-order valence-electron chi connectivity index (χ2n) is 6.87. The topological polar surface area (TPSA) is 64.3 Å². The Morgan fingerprint density at radius 2 is 1.45 bits per heavy atom. The zero-order valence-electron chi connectivity index (χ0n) is 15.9. The van der Waals surface area contributed by atoms with Crippen LogP contribution in [0.25, 0.3) is 11.0 Å². The highest BCUT2D eigenvalue weighted by Gasteiger charge is 2.31. The van der Waals surface area contributed by atoms with Crippen molar-refractivity contribution in [1.82, 2.24) is 0 Å². The molecule has 0 aliphatic heterocycles. The van der Waals surface area contributed by atoms with Gasteiger partial charge in [-0.2, -0.15) is 13.2 Å². The molecule has 0 atom stereocenters. The van der Waals surface area contributed by atoms with Crippen LogP contribution in [0.2, 0.25) is 0 Å². The first-order valence-electron chi connectivity index (χ1n) is 9.17. The molecule has 3 aromatic carbocycles. The van der Waals surface area contributed by atoms with E-state index in [4.69, 9.17) is 4.42 Å². The number of fused-ring (bicyclic) bond motifs is 1. The van der Waals surface area contributed by atoms with Gasteiger partial charge in [0.25, 0.3) is 0 Å². The average molecular weight is 444 g/mol. The van der Waals surface area contributed by atoms with Crippen molar-refractivity contribution < 1.29 is 30.8 Å². The molecule has 0 spiro atoms. The summed E-state index contributed by atoms with van der Waals surface area (Å²) >= 11 is 0. The highest BCUT2D eigenvalue weighted by Crippen LogP contribution is 2.32. The Kier molecular flexibility index (Phi) is 5.18. The van der Waals surface area contributed by atoms with E-state index in [2.05, 4.69) is 0 Å². The van der Waals surface area contributed by atoms with E-state index in [1.54, 1.807) is 42.5 Å². The van der Waals surface area contributed by atoms with Gasteiger partial charge in [-0.25, -0.2) is 8.42 Å². The van der Waals surface area contributed by atoms with Crippen LogP contribution in [-0.4, -0.2) is 14.2 Å². The predicted molar refractivity (Wildman–Crippen MR) is 108 cm³/mol. The van der Waals surface area contributed by atoms with Gasteiger partial charge in [-0.05, 0) is 30.3 Å². The van der Waals surface area contributed by atoms with Crippen LogP contribution in [0.4, 0.5) is 13.2 Å². The normalized spacial score (nSPS) is 12.2. The van der Waals surface area contributed by atoms with Crippen molar-refractivity contribution in [3.63, 3.8) is 0 Å². The van der Waals surface area contributed by atoms with E-state index in [0.29, 0.717) is 11.0 Å². The highest BCUT2D eigenvalue weighted by atomic mass is 32.2. The van der Waals surface area contributed by atoms with Gasteiger partial charge in [0.2, 0.25) is 0 Å². The van der Waals surface area contributed by atoms with Gasteiger partial charge < -0.3 is 4.42 Å². The van der Waals surface area contributed by atoms with Crippen molar-refractivity contribution in [2.75, 3.05) is 0 Å². The van der Waals surface area contributed by atoms with Gasteiger partial charge >= 0.3 is 6.18 Å². The summed E-state index contributed by atoms with van der Waals surface area (Å²) in [5, 5.41) is 0.394. The Hall–Kier alpha value is -3.39. The van der Waals surface area contributed by atoms with Gasteiger partial charge in [0.1, 0.15) is 17.1 Å². The molecule has 31 heavy (non-hydrogen) atoms. The number of alkyl halides is 3. The number of furan rings is 1. The lowest BCUT2D eigenvalue weighted by molar-refractivity contribution is -0.137. The van der Waals surface area contributed by atoms with Crippen LogP contribution in [0.5, 0.6) is 0 Å². The fraction of sp³-hybridized carbons (Fsp3) is 0.0870. The molecule has 0 amide bonds. The zero-order chi connectivity index (χ0) is 22.2. The van der Waals surface area contributed by atoms with Crippen molar-refractivity contribution in [3.05, 3.63) is 101 Å². The Morgan fingerprint density at radius 1 is 0.839 bits per heavy atom. The maximum absolute atomic E-state index is 13.2. The Balaban J connectivity index is 1.79. The molecule has 0 radical (unpaired) electrons. The van der Waals surface area contributed by atoms with E-state index in [-0.39, 0.29) is 21.8 Å². The van der Waals surface area contributed by atoms with Crippen molar-refractivity contribution in [2.45, 2.75) is 16.8 Å². The first kappa shape index (κ1) is 20.9. The molecule has 0 aliphatic carbocycles. The van der Waals surface area contributed by atoms with E-state index < -0.39 is 33.1 Å². The Morgan fingerprint density at radius 3 is 2.10 bits per heavy atom. The molecule has 0 unspecified atom stereocenters. The van der Waals surface area contributed by atoms with Crippen LogP contribution in [0.15, 0.2) is 88.2 Å². The summed E-state index contributed by atoms with van der Waals surface area (Å²) < 4.78 is 69.9. The van der Waals surface area contributed by atoms with Crippen LogP contribution < -0.4 is 0 Å². The van der Waals surface area contributed by atoms with E-state index >= 15 is 0 Å². The molecule has 0 aliphatic rings. The minimum absolute atomic E-state index is 0.00193. The summed E-state index contributed by atoms with van der Waals surface area (Å²) in [5.74, 6) is -1.24. The first-order chi connectivity index (χ1) is 14.7. The number of hydrogen-bond donors (Lipinski definition) is 0. The average Bonchev–Trinajstić information content (AvgIpc) is 3.10. The quantitative estimate of drug-likeness (QED) is 0.373. The second kappa shape index (κ2) is 7.70. The fourth-order valence-corrected chi connectivity index (χ4v) is 4.57. The third-order valence-corrected chi connectivity index (χ3v) is 6.43. The number of halogens is 3. The summed E-state index contributed by atoms with van der Waals surface area (Å²) in [6.07, 6.45) is -4.53. The molecule has 0 fully saturated rings. The first-order valence-corrected chi connectivity index (χ1v) is 10.8. The van der Waals surface area contributed by atoms with Crippen LogP contribution in [-0.2, 0) is 21.8 Å². The SMILES string of the molecule is O=C(c1ccc(C(F)(F)F)cc1)c1c(CS(=O)(=O)c2ccccc2)oc2ccccc12. The van der Waals surface area contributed by atoms with Gasteiger partial charge in [0, 0.05) is 10.9 Å². The molecule has 8 heteroatoms. The molecule has 4 nitrogen and oxygen atoms in total. The lowest BCUT2D eigenvalue weighted by Crippen LogP contribution is -2.10. The second-order valence-corrected chi connectivity index (χ2v) is 8.86. The molecule has 0 saturated heterocycles. The van der Waals surface area contributed by atoms with E-state index in [9.17, 15) is 26.4 Å². The maximum atomic E-state index is 13.2. The Labute approximate surface area is 175 Å². The molecule has 4 rings (SSSR count). The van der Waals surface area contributed by atoms with Crippen LogP contribution >= 0.6 is 0 Å². The molecule has 1 heterocycles. The molecular weight excluding hydrogens is 429 g/mol. The number of carbonyl (C=O) groups excluding carboxylic acids is 1. The standard InChI is InChI=1S/C23H15F3O4S/c24-23(25,26)16-12-10-15(11-13-16)22(27)21-18-8-4-5-9-19(18)30-20(21)14-31(28,29)17-6-2-1-3-7-17/h1-13H,14H2. The van der Waals surface area contributed by atoms with Crippen molar-refractivity contribution in [3.8, 4) is 0 Å². The van der Waals surface area contributed by atoms with Gasteiger partial charge in [-0.15, -0.1) is 0 Å². The van der Waals surface area contributed by atoms with Crippen molar-refractivity contribution in [1.29, 1.82) is 0 Å². The summed E-state index contributed by atoms with van der Waals surface area (Å²) in [6, 6.07) is 18.0. The van der Waals surface area contributed by atoms with Gasteiger partial charge in [0.15, 0.2) is 15.6 Å². The van der Waals surface area contributed by atoms with Gasteiger partial charge in [-0.3, -0.25) is 4.79 Å². The molecule has 4 aromatic rings. The number of ketones is 1. The lowest BCUT2D eigenvalue weighted by Gasteiger charge is -2.08. The number of benzene rings is 3. The Bertz CT molecular complexity index is 1350. The predicted octanol–water partition coefficient (Wildman–Crippen LogP) is 5.66. The fourth-order valence-electron chi connectivity index (χ4n) is 3.29. The van der Waals surface area contributed by atoms with Gasteiger partial charge in [0.05, 0.1) is 16.0 Å². The van der Waals surface area contributed by atoms with Crippen LogP contribution in [0.3, 0.4) is 0 Å². The molecule has 1 aromatic heterocycles. The minimum atomic E-state index is -4.53. The van der Waals surface area contributed by atoms with E-state index in [1.807, 2.05) is 0 Å². The number of carbonyl (C=O) groups is 1. The zero-order valence-corrected chi connectivity index (χ0v) is 16.7. The third-order valence-electron chi connectivity index (χ3n) is 4.79. The molecular formula is C23H15F3O4S. The molecule has 158 valence electrons. The summed E-state index contributed by atoms with van der Waals surface area (Å²) in [7, 11) is -3.82. The number of para-hydroxylation sites is 1. The number of sulfone groups is 1. The van der Waals surface area contributed by atoms with Crippen LogP contribution in [0.1, 0.15) is 27.2 Å². The van der Waals surface area contributed by atoms with Crippen molar-refractivity contribution in [2.24, 2.45) is 0 Å². The summed E-state index contributed by atoms with van der Waals surface area (Å²) in [4.78, 5) is 13.3. The lowest BCUT2D eigenvalue weighted by atomic mass is 9.99. The molecule has 0 bridgehead atoms. The monoisotopic (exact) mass is 444 g/mol. The largest absolute Gasteiger partial charge is 0.459 e. The smallest absolute Gasteiger partial charge is 0.416 e. The highest BCUT2D eigenvalue weighted by molar-refractivity contribution is 7.90. The van der Waals surface area contributed by atoms with Crippen molar-refractivity contribution >= 4 is 26.6 Å². The number of hydrogen-bond acceptors (Lipinski definition) is 4. The summed E-state index contributed by atoms with van der Waals surface area (Å²) in [6.45, 7) is 0. The van der Waals surface area contributed by atoms with E-state index in [0.717, 1.165) is 24.3 Å². The maximum Gasteiger partial charge on any atom is 0.416 e. The summed E-state index contributed by atoms with van der Waals surface area (Å²) in [5.41, 5.74) is -0.545. The molecule has 0 saturated carbocycles. The van der Waals surface area contributed by atoms with Crippen LogP contribution in [0, 0.1) is 0 Å². The molecule has 0 N–H and O–H groups in total. The third kappa shape index (κ3) is 4.11. The van der Waals surface area contributed by atoms with E-state index in [1.165, 1.54) is 12.1 Å². The minimum Gasteiger partial charge on any atom is -0.459 e.